The molecule has 0 amide bonds. The third-order valence-corrected chi connectivity index (χ3v) is 6.43. The van der Waals surface area contributed by atoms with E-state index in [2.05, 4.69) is 9.88 Å². The van der Waals surface area contributed by atoms with E-state index < -0.39 is 0 Å². The zero-order valence-electron chi connectivity index (χ0n) is 12.3. The molecular formula is C16H18FN3OS. The molecule has 4 aliphatic rings. The molecule has 0 radical (unpaired) electrons. The van der Waals surface area contributed by atoms with E-state index in [1.54, 1.807) is 12.1 Å². The summed E-state index contributed by atoms with van der Waals surface area (Å²) in [6.45, 7) is 4.37. The molecule has 4 fully saturated rings. The molecule has 1 atom stereocenters. The first kappa shape index (κ1) is 13.2. The van der Waals surface area contributed by atoms with E-state index in [1.807, 2.05) is 5.06 Å². The van der Waals surface area contributed by atoms with Crippen molar-refractivity contribution >= 4 is 26.7 Å². The Morgan fingerprint density at radius 3 is 2.91 bits per heavy atom. The van der Waals surface area contributed by atoms with Crippen molar-refractivity contribution in [1.29, 1.82) is 0 Å². The monoisotopic (exact) mass is 319 g/mol. The number of anilines is 1. The molecule has 5 heterocycles. The molecule has 1 aromatic carbocycles. The van der Waals surface area contributed by atoms with Gasteiger partial charge in [-0.1, -0.05) is 11.3 Å². The molecule has 0 aliphatic carbocycles. The maximum Gasteiger partial charge on any atom is 0.210 e. The Morgan fingerprint density at radius 2 is 2.14 bits per heavy atom. The summed E-state index contributed by atoms with van der Waals surface area (Å²) in [4.78, 5) is 13.6. The van der Waals surface area contributed by atoms with Crippen LogP contribution in [0.4, 0.5) is 9.52 Å². The molecule has 2 aromatic rings. The van der Waals surface area contributed by atoms with Crippen LogP contribution in [0.25, 0.3) is 10.2 Å². The van der Waals surface area contributed by atoms with Crippen LogP contribution in [0.1, 0.15) is 19.3 Å². The number of halogens is 1. The van der Waals surface area contributed by atoms with Crippen molar-refractivity contribution in [3.8, 4) is 0 Å². The molecule has 4 nitrogen and oxygen atoms in total. The fraction of sp³-hybridized carbons (Fsp3) is 0.562. The average molecular weight is 319 g/mol. The Morgan fingerprint density at radius 1 is 1.27 bits per heavy atom. The number of aromatic nitrogens is 1. The topological polar surface area (TPSA) is 28.6 Å². The van der Waals surface area contributed by atoms with Gasteiger partial charge in [-0.05, 0) is 50.0 Å². The number of nitrogens with zero attached hydrogens (tertiary/aromatic N) is 3. The predicted octanol–water partition coefficient (Wildman–Crippen LogP) is 3.04. The minimum absolute atomic E-state index is 0.0143. The van der Waals surface area contributed by atoms with Gasteiger partial charge in [-0.25, -0.2) is 14.4 Å². The van der Waals surface area contributed by atoms with Gasteiger partial charge in [0.2, 0.25) is 5.13 Å². The molecule has 2 bridgehead atoms. The molecule has 1 spiro atoms. The number of thiazole rings is 1. The molecule has 6 rings (SSSR count). The molecule has 0 N–H and O–H groups in total. The zero-order chi connectivity index (χ0) is 14.7. The van der Waals surface area contributed by atoms with Gasteiger partial charge in [0, 0.05) is 13.0 Å². The van der Waals surface area contributed by atoms with Gasteiger partial charge in [-0.15, -0.1) is 0 Å². The van der Waals surface area contributed by atoms with Crippen LogP contribution in [0.2, 0.25) is 0 Å². The fourth-order valence-electron chi connectivity index (χ4n) is 4.24. The molecule has 116 valence electrons. The lowest BCUT2D eigenvalue weighted by molar-refractivity contribution is -0.130. The summed E-state index contributed by atoms with van der Waals surface area (Å²) < 4.78 is 14.2. The van der Waals surface area contributed by atoms with Crippen LogP contribution in [0.15, 0.2) is 18.2 Å². The summed E-state index contributed by atoms with van der Waals surface area (Å²) in [5.74, 6) is 0.466. The lowest BCUT2D eigenvalue weighted by atomic mass is 9.74. The van der Waals surface area contributed by atoms with Crippen LogP contribution in [-0.2, 0) is 4.84 Å². The Balaban J connectivity index is 1.44. The van der Waals surface area contributed by atoms with Crippen molar-refractivity contribution < 1.29 is 9.23 Å². The molecular weight excluding hydrogens is 301 g/mol. The van der Waals surface area contributed by atoms with Gasteiger partial charge in [0.1, 0.15) is 11.4 Å². The smallest absolute Gasteiger partial charge is 0.210 e. The predicted molar refractivity (Wildman–Crippen MR) is 84.5 cm³/mol. The second kappa shape index (κ2) is 4.63. The first-order valence-electron chi connectivity index (χ1n) is 7.97. The number of hydrogen-bond acceptors (Lipinski definition) is 5. The third-order valence-electron chi connectivity index (χ3n) is 5.41. The van der Waals surface area contributed by atoms with Gasteiger partial charge < -0.3 is 4.90 Å². The molecule has 4 saturated heterocycles. The SMILES string of the molecule is Fc1ccc2nc(N3CCC4(CN5CCC4CC5)O3)sc2c1. The normalized spacial score (nSPS) is 34.1. The van der Waals surface area contributed by atoms with E-state index in [4.69, 9.17) is 4.84 Å². The second-order valence-electron chi connectivity index (χ2n) is 6.67. The molecule has 6 heteroatoms. The average Bonchev–Trinajstić information content (AvgIpc) is 3.12. The molecule has 22 heavy (non-hydrogen) atoms. The van der Waals surface area contributed by atoms with Gasteiger partial charge >= 0.3 is 0 Å². The maximum absolute atomic E-state index is 13.3. The first-order chi connectivity index (χ1) is 10.7. The van der Waals surface area contributed by atoms with E-state index >= 15 is 0 Å². The van der Waals surface area contributed by atoms with E-state index in [0.29, 0.717) is 5.92 Å². The molecule has 0 saturated carbocycles. The second-order valence-corrected chi connectivity index (χ2v) is 7.68. The van der Waals surface area contributed by atoms with Crippen LogP contribution in [0, 0.1) is 11.7 Å². The Bertz CT molecular complexity index is 727. The Kier molecular flexibility index (Phi) is 2.78. The Labute approximate surface area is 132 Å². The quantitative estimate of drug-likeness (QED) is 0.808. The number of piperidine rings is 3. The highest BCUT2D eigenvalue weighted by atomic mass is 32.1. The Hall–Kier alpha value is -1.24. The number of hydrogen-bond donors (Lipinski definition) is 0. The minimum Gasteiger partial charge on any atom is -0.300 e. The van der Waals surface area contributed by atoms with Crippen molar-refractivity contribution in [3.05, 3.63) is 24.0 Å². The molecule has 4 aliphatic heterocycles. The summed E-state index contributed by atoms with van der Waals surface area (Å²) in [5.41, 5.74) is 0.833. The number of hydroxylamine groups is 1. The fourth-order valence-corrected chi connectivity index (χ4v) is 5.20. The van der Waals surface area contributed by atoms with Crippen LogP contribution in [0.5, 0.6) is 0 Å². The van der Waals surface area contributed by atoms with E-state index in [9.17, 15) is 4.39 Å². The zero-order valence-corrected chi connectivity index (χ0v) is 13.1. The minimum atomic E-state index is -0.209. The molecule has 1 unspecified atom stereocenters. The summed E-state index contributed by atoms with van der Waals surface area (Å²) in [6.07, 6.45) is 3.57. The summed E-state index contributed by atoms with van der Waals surface area (Å²) in [7, 11) is 0. The number of benzene rings is 1. The van der Waals surface area contributed by atoms with E-state index in [-0.39, 0.29) is 11.4 Å². The summed E-state index contributed by atoms with van der Waals surface area (Å²) >= 11 is 1.51. The van der Waals surface area contributed by atoms with Crippen molar-refractivity contribution in [2.75, 3.05) is 31.2 Å². The largest absolute Gasteiger partial charge is 0.300 e. The highest BCUT2D eigenvalue weighted by Crippen LogP contribution is 2.45. The van der Waals surface area contributed by atoms with Crippen LogP contribution >= 0.6 is 11.3 Å². The van der Waals surface area contributed by atoms with Gasteiger partial charge in [-0.2, -0.15) is 0 Å². The number of rotatable bonds is 1. The van der Waals surface area contributed by atoms with Gasteiger partial charge in [0.15, 0.2) is 0 Å². The van der Waals surface area contributed by atoms with E-state index in [1.165, 1.54) is 43.3 Å². The van der Waals surface area contributed by atoms with E-state index in [0.717, 1.165) is 34.9 Å². The third kappa shape index (κ3) is 1.90. The summed E-state index contributed by atoms with van der Waals surface area (Å²) in [6, 6.07) is 4.76. The lowest BCUT2D eigenvalue weighted by Gasteiger charge is -2.50. The molecule has 1 aromatic heterocycles. The highest BCUT2D eigenvalue weighted by Gasteiger charge is 2.52. The first-order valence-corrected chi connectivity index (χ1v) is 8.79. The van der Waals surface area contributed by atoms with Crippen molar-refractivity contribution in [2.24, 2.45) is 5.92 Å². The van der Waals surface area contributed by atoms with Crippen molar-refractivity contribution in [1.82, 2.24) is 9.88 Å². The summed E-state index contributed by atoms with van der Waals surface area (Å²) in [5, 5.41) is 2.80. The van der Waals surface area contributed by atoms with Crippen LogP contribution in [0.3, 0.4) is 0 Å². The van der Waals surface area contributed by atoms with Gasteiger partial charge in [0.25, 0.3) is 0 Å². The van der Waals surface area contributed by atoms with Crippen LogP contribution in [-0.4, -0.2) is 41.7 Å². The highest BCUT2D eigenvalue weighted by molar-refractivity contribution is 7.22. The van der Waals surface area contributed by atoms with Crippen molar-refractivity contribution in [3.63, 3.8) is 0 Å². The van der Waals surface area contributed by atoms with Gasteiger partial charge in [0.05, 0.1) is 16.8 Å². The maximum atomic E-state index is 13.3. The van der Waals surface area contributed by atoms with Gasteiger partial charge in [-0.3, -0.25) is 4.84 Å². The van der Waals surface area contributed by atoms with Crippen LogP contribution < -0.4 is 5.06 Å². The lowest BCUT2D eigenvalue weighted by Crippen LogP contribution is -2.59. The van der Waals surface area contributed by atoms with Crippen molar-refractivity contribution in [2.45, 2.75) is 24.9 Å². The standard InChI is InChI=1S/C16H18FN3OS/c17-12-1-2-13-14(9-12)22-15(18-13)20-8-5-16(21-20)10-19-6-3-11(16)4-7-19/h1-2,9,11H,3-8,10H2. The number of fused-ring (bicyclic) bond motifs is 3.